The van der Waals surface area contributed by atoms with Gasteiger partial charge in [-0.25, -0.2) is 9.37 Å². The van der Waals surface area contributed by atoms with Crippen LogP contribution in [0.3, 0.4) is 0 Å². The number of piperidine rings is 1. The van der Waals surface area contributed by atoms with Crippen LogP contribution in [0.25, 0.3) is 22.2 Å². The summed E-state index contributed by atoms with van der Waals surface area (Å²) in [5, 5.41) is 12.6. The SMILES string of the molecule is CCN1CC[C@H](CF)[C@](C)(COc2nc(N3C[C@H]4CC[C@@H](C3)N4)c3c(OC)nc(-c4c(C#N)c(N)cc(Cl)c4C(F)(F)F)c(F)c3n2)C1. The van der Waals surface area contributed by atoms with Crippen molar-refractivity contribution < 1.29 is 31.4 Å². The third kappa shape index (κ3) is 6.03. The normalized spacial score (nSPS) is 24.6. The largest absolute Gasteiger partial charge is 0.480 e. The molecule has 48 heavy (non-hydrogen) atoms. The highest BCUT2D eigenvalue weighted by Crippen LogP contribution is 2.48. The number of aromatic nitrogens is 3. The highest BCUT2D eigenvalue weighted by Gasteiger charge is 2.43. The molecule has 2 bridgehead atoms. The molecule has 3 aromatic rings. The average molecular weight is 695 g/mol. The van der Waals surface area contributed by atoms with E-state index in [1.165, 1.54) is 7.11 Å². The van der Waals surface area contributed by atoms with E-state index in [0.717, 1.165) is 32.0 Å². The van der Waals surface area contributed by atoms with E-state index in [9.17, 15) is 22.8 Å². The maximum Gasteiger partial charge on any atom is 0.418 e. The fraction of sp³-hybridized carbons (Fsp3) is 0.562. The van der Waals surface area contributed by atoms with Crippen molar-refractivity contribution in [2.75, 3.05) is 63.7 Å². The van der Waals surface area contributed by atoms with Crippen LogP contribution in [-0.2, 0) is 6.18 Å². The molecular weight excluding hydrogens is 659 g/mol. The van der Waals surface area contributed by atoms with Gasteiger partial charge in [0.05, 0.1) is 42.2 Å². The molecule has 4 atom stereocenters. The number of pyridine rings is 1. The van der Waals surface area contributed by atoms with Crippen LogP contribution < -0.4 is 25.4 Å². The molecule has 16 heteroatoms. The van der Waals surface area contributed by atoms with Crippen molar-refractivity contribution in [3.05, 3.63) is 28.0 Å². The van der Waals surface area contributed by atoms with Crippen molar-refractivity contribution in [1.82, 2.24) is 25.2 Å². The minimum absolute atomic E-state index is 0.00810. The van der Waals surface area contributed by atoms with Crippen LogP contribution in [0.1, 0.15) is 44.2 Å². The lowest BCUT2D eigenvalue weighted by Gasteiger charge is -2.44. The predicted molar refractivity (Wildman–Crippen MR) is 170 cm³/mol. The van der Waals surface area contributed by atoms with Crippen molar-refractivity contribution in [3.63, 3.8) is 0 Å². The van der Waals surface area contributed by atoms with E-state index in [1.54, 1.807) is 6.07 Å². The van der Waals surface area contributed by atoms with Gasteiger partial charge in [-0.1, -0.05) is 25.4 Å². The van der Waals surface area contributed by atoms with Gasteiger partial charge in [-0.3, -0.25) is 4.39 Å². The quantitative estimate of drug-likeness (QED) is 0.227. The van der Waals surface area contributed by atoms with Crippen LogP contribution in [-0.4, -0.2) is 85.1 Å². The number of nitrogens with zero attached hydrogens (tertiary/aromatic N) is 6. The number of nitrogens with two attached hydrogens (primary N) is 1. The molecule has 258 valence electrons. The smallest absolute Gasteiger partial charge is 0.418 e. The Balaban J connectivity index is 1.56. The van der Waals surface area contributed by atoms with Gasteiger partial charge in [-0.2, -0.15) is 28.4 Å². The molecule has 0 amide bonds. The zero-order valence-electron chi connectivity index (χ0n) is 26.7. The molecule has 0 radical (unpaired) electrons. The summed E-state index contributed by atoms with van der Waals surface area (Å²) in [4.78, 5) is 17.4. The van der Waals surface area contributed by atoms with Gasteiger partial charge >= 0.3 is 12.2 Å². The number of nitriles is 1. The summed E-state index contributed by atoms with van der Waals surface area (Å²) in [7, 11) is 1.24. The zero-order valence-corrected chi connectivity index (χ0v) is 27.5. The van der Waals surface area contributed by atoms with E-state index in [2.05, 4.69) is 20.2 Å². The number of halogens is 6. The Morgan fingerprint density at radius 2 is 1.90 bits per heavy atom. The van der Waals surface area contributed by atoms with Gasteiger partial charge < -0.3 is 30.3 Å². The van der Waals surface area contributed by atoms with Crippen molar-refractivity contribution in [2.24, 2.45) is 11.3 Å². The lowest BCUT2D eigenvalue weighted by molar-refractivity contribution is -0.137. The molecule has 10 nitrogen and oxygen atoms in total. The van der Waals surface area contributed by atoms with Gasteiger partial charge in [0.1, 0.15) is 28.5 Å². The van der Waals surface area contributed by atoms with Crippen LogP contribution in [0.2, 0.25) is 5.02 Å². The van der Waals surface area contributed by atoms with E-state index < -0.39 is 62.7 Å². The summed E-state index contributed by atoms with van der Waals surface area (Å²) >= 11 is 6.02. The van der Waals surface area contributed by atoms with E-state index in [0.29, 0.717) is 26.1 Å². The first-order valence-corrected chi connectivity index (χ1v) is 16.2. The first kappa shape index (κ1) is 34.1. The number of rotatable bonds is 8. The molecule has 0 spiro atoms. The number of anilines is 2. The molecule has 0 saturated carbocycles. The van der Waals surface area contributed by atoms with Gasteiger partial charge in [-0.05, 0) is 44.3 Å². The Kier molecular flexibility index (Phi) is 9.20. The predicted octanol–water partition coefficient (Wildman–Crippen LogP) is 5.60. The number of benzene rings is 1. The minimum Gasteiger partial charge on any atom is -0.480 e. The van der Waals surface area contributed by atoms with Crippen LogP contribution in [0.15, 0.2) is 6.07 Å². The van der Waals surface area contributed by atoms with Gasteiger partial charge in [0, 0.05) is 42.7 Å². The number of alkyl halides is 4. The highest BCUT2D eigenvalue weighted by atomic mass is 35.5. The summed E-state index contributed by atoms with van der Waals surface area (Å²) in [5.74, 6) is -1.60. The second kappa shape index (κ2) is 12.9. The third-order valence-electron chi connectivity index (χ3n) is 9.89. The molecule has 3 aliphatic heterocycles. The fourth-order valence-corrected chi connectivity index (χ4v) is 7.64. The summed E-state index contributed by atoms with van der Waals surface area (Å²) in [6, 6.07) is 2.47. The van der Waals surface area contributed by atoms with Crippen LogP contribution in [0.4, 0.5) is 33.5 Å². The molecule has 3 aliphatic rings. The molecule has 2 aromatic heterocycles. The van der Waals surface area contributed by atoms with Crippen molar-refractivity contribution in [3.8, 4) is 29.2 Å². The lowest BCUT2D eigenvalue weighted by atomic mass is 9.73. The Morgan fingerprint density at radius 3 is 2.50 bits per heavy atom. The number of piperazine rings is 1. The van der Waals surface area contributed by atoms with Crippen molar-refractivity contribution in [2.45, 2.75) is 51.4 Å². The van der Waals surface area contributed by atoms with Crippen LogP contribution >= 0.6 is 11.6 Å². The van der Waals surface area contributed by atoms with Gasteiger partial charge in [0.2, 0.25) is 5.88 Å². The van der Waals surface area contributed by atoms with E-state index in [4.69, 9.17) is 31.8 Å². The Morgan fingerprint density at radius 1 is 1.19 bits per heavy atom. The third-order valence-corrected chi connectivity index (χ3v) is 10.2. The first-order valence-electron chi connectivity index (χ1n) is 15.8. The number of nitrogen functional groups attached to an aromatic ring is 1. The number of likely N-dealkylation sites (tertiary alicyclic amines) is 1. The molecule has 3 saturated heterocycles. The second-order valence-electron chi connectivity index (χ2n) is 13.0. The van der Waals surface area contributed by atoms with E-state index in [1.807, 2.05) is 18.7 Å². The Bertz CT molecular complexity index is 1760. The van der Waals surface area contributed by atoms with Crippen LogP contribution in [0.5, 0.6) is 11.9 Å². The van der Waals surface area contributed by atoms with Gasteiger partial charge in [0.15, 0.2) is 5.82 Å². The number of methoxy groups -OCH3 is 1. The Labute approximate surface area is 279 Å². The molecular formula is C32H36ClF5N8O2. The van der Waals surface area contributed by atoms with Crippen molar-refractivity contribution in [1.29, 1.82) is 5.26 Å². The maximum absolute atomic E-state index is 16.9. The Hall–Kier alpha value is -3.74. The topological polar surface area (TPSA) is 125 Å². The van der Waals surface area contributed by atoms with Gasteiger partial charge in [-0.15, -0.1) is 0 Å². The summed E-state index contributed by atoms with van der Waals surface area (Å²) in [5.41, 5.74) is 0.527. The molecule has 0 unspecified atom stereocenters. The number of ether oxygens (including phenoxy) is 2. The monoisotopic (exact) mass is 694 g/mol. The minimum atomic E-state index is -5.11. The summed E-state index contributed by atoms with van der Waals surface area (Å²) < 4.78 is 86.1. The number of hydrogen-bond acceptors (Lipinski definition) is 10. The number of nitrogens with one attached hydrogen (secondary N) is 1. The molecule has 3 fully saturated rings. The molecule has 1 aromatic carbocycles. The van der Waals surface area contributed by atoms with Gasteiger partial charge in [0.25, 0.3) is 0 Å². The number of hydrogen-bond donors (Lipinski definition) is 2. The van der Waals surface area contributed by atoms with E-state index in [-0.39, 0.29) is 47.7 Å². The van der Waals surface area contributed by atoms with Crippen LogP contribution in [0, 0.1) is 28.5 Å². The maximum atomic E-state index is 16.9. The van der Waals surface area contributed by atoms with E-state index >= 15 is 4.39 Å². The van der Waals surface area contributed by atoms with Crippen molar-refractivity contribution >= 4 is 34.0 Å². The number of fused-ring (bicyclic) bond motifs is 3. The second-order valence-corrected chi connectivity index (χ2v) is 13.4. The average Bonchev–Trinajstić information content (AvgIpc) is 3.39. The molecule has 3 N–H and O–H groups in total. The first-order chi connectivity index (χ1) is 22.8. The fourth-order valence-electron chi connectivity index (χ4n) is 7.32. The zero-order chi connectivity index (χ0) is 34.5. The summed E-state index contributed by atoms with van der Waals surface area (Å²) in [6.07, 6.45) is -2.64. The standard InChI is InChI=1S/C32H36ClF5N8O2/c1-4-45-8-7-16(10-34)31(2,14-45)15-48-30-43-27-23(28(44-30)46-12-17-5-6-18(13-46)41-17)29(47-3)42-26(25(27)35)22-19(11-39)21(40)9-20(33)24(22)32(36,37)38/h9,16-18,41H,4-8,10,12-15,40H2,1-3H3/t16-,17-,18+,31+/m1/s1. The summed E-state index contributed by atoms with van der Waals surface area (Å²) in [6.45, 7) is 6.50. The molecule has 5 heterocycles. The lowest BCUT2D eigenvalue weighted by Crippen LogP contribution is -2.51. The highest BCUT2D eigenvalue weighted by molar-refractivity contribution is 6.32. The molecule has 0 aliphatic carbocycles. The molecule has 6 rings (SSSR count).